The second kappa shape index (κ2) is 7.98. The van der Waals surface area contributed by atoms with Gasteiger partial charge >= 0.3 is 0 Å². The van der Waals surface area contributed by atoms with E-state index in [4.69, 9.17) is 4.74 Å². The number of halogens is 1. The zero-order chi connectivity index (χ0) is 18.6. The minimum Gasteiger partial charge on any atom is -0.376 e. The van der Waals surface area contributed by atoms with Crippen molar-refractivity contribution in [2.45, 2.75) is 19.4 Å². The molecule has 27 heavy (non-hydrogen) atoms. The van der Waals surface area contributed by atoms with Crippen LogP contribution in [-0.2, 0) is 11.3 Å². The third-order valence-electron chi connectivity index (χ3n) is 4.35. The number of ether oxygens (including phenoxy) is 1. The van der Waals surface area contributed by atoms with Crippen LogP contribution in [0.1, 0.15) is 28.9 Å². The van der Waals surface area contributed by atoms with Crippen LogP contribution in [0.25, 0.3) is 10.6 Å². The van der Waals surface area contributed by atoms with Gasteiger partial charge in [0.1, 0.15) is 16.5 Å². The van der Waals surface area contributed by atoms with Gasteiger partial charge in [0.15, 0.2) is 0 Å². The molecule has 138 valence electrons. The number of nitrogens with zero attached hydrogens (tertiary/aromatic N) is 1. The lowest BCUT2D eigenvalue weighted by molar-refractivity contribution is 0.102. The second-order valence-corrected chi connectivity index (χ2v) is 7.49. The van der Waals surface area contributed by atoms with Crippen LogP contribution in [-0.4, -0.2) is 17.5 Å². The molecule has 0 bridgehead atoms. The van der Waals surface area contributed by atoms with E-state index in [2.05, 4.69) is 10.3 Å². The number of aromatic nitrogens is 1. The summed E-state index contributed by atoms with van der Waals surface area (Å²) < 4.78 is 19.6. The van der Waals surface area contributed by atoms with E-state index in [0.717, 1.165) is 18.1 Å². The summed E-state index contributed by atoms with van der Waals surface area (Å²) in [6.07, 6.45) is 2.53. The lowest BCUT2D eigenvalue weighted by Gasteiger charge is -2.07. The molecule has 1 aliphatic rings. The summed E-state index contributed by atoms with van der Waals surface area (Å²) in [6, 6.07) is 14.0. The van der Waals surface area contributed by atoms with Crippen LogP contribution >= 0.6 is 11.3 Å². The molecule has 3 aromatic rings. The Bertz CT molecular complexity index is 953. The van der Waals surface area contributed by atoms with Crippen molar-refractivity contribution in [3.05, 3.63) is 71.0 Å². The SMILES string of the molecule is O=C(Nc1cccc(COCC2CC2)c1)c1csc(-c2ccccc2F)n1. The lowest BCUT2D eigenvalue weighted by Crippen LogP contribution is -2.12. The third kappa shape index (κ3) is 4.59. The molecule has 0 saturated heterocycles. The van der Waals surface area contributed by atoms with Gasteiger partial charge in [-0.05, 0) is 48.6 Å². The van der Waals surface area contributed by atoms with Crippen molar-refractivity contribution in [3.63, 3.8) is 0 Å². The van der Waals surface area contributed by atoms with Crippen LogP contribution in [0, 0.1) is 11.7 Å². The number of amides is 1. The van der Waals surface area contributed by atoms with E-state index in [1.165, 1.54) is 30.2 Å². The largest absolute Gasteiger partial charge is 0.376 e. The highest BCUT2D eigenvalue weighted by Gasteiger charge is 2.21. The Morgan fingerprint density at radius 2 is 2.07 bits per heavy atom. The quantitative estimate of drug-likeness (QED) is 0.616. The van der Waals surface area contributed by atoms with Crippen LogP contribution < -0.4 is 5.32 Å². The Morgan fingerprint density at radius 1 is 1.22 bits per heavy atom. The maximum Gasteiger partial charge on any atom is 0.275 e. The Labute approximate surface area is 161 Å². The maximum atomic E-state index is 13.9. The predicted octanol–water partition coefficient (Wildman–Crippen LogP) is 5.13. The van der Waals surface area contributed by atoms with Gasteiger partial charge in [-0.2, -0.15) is 0 Å². The third-order valence-corrected chi connectivity index (χ3v) is 5.22. The van der Waals surface area contributed by atoms with Gasteiger partial charge in [-0.1, -0.05) is 24.3 Å². The normalized spacial score (nSPS) is 13.5. The van der Waals surface area contributed by atoms with E-state index in [-0.39, 0.29) is 17.4 Å². The van der Waals surface area contributed by atoms with Crippen LogP contribution in [0.2, 0.25) is 0 Å². The summed E-state index contributed by atoms with van der Waals surface area (Å²) in [5.41, 5.74) is 2.37. The molecule has 4 rings (SSSR count). The van der Waals surface area contributed by atoms with Crippen LogP contribution in [0.4, 0.5) is 10.1 Å². The predicted molar refractivity (Wildman–Crippen MR) is 104 cm³/mol. The summed E-state index contributed by atoms with van der Waals surface area (Å²) >= 11 is 1.25. The van der Waals surface area contributed by atoms with Crippen molar-refractivity contribution in [1.82, 2.24) is 4.98 Å². The molecule has 0 radical (unpaired) electrons. The molecule has 0 aliphatic heterocycles. The first-order valence-electron chi connectivity index (χ1n) is 8.87. The zero-order valence-corrected chi connectivity index (χ0v) is 15.5. The zero-order valence-electron chi connectivity index (χ0n) is 14.7. The van der Waals surface area contributed by atoms with Gasteiger partial charge in [0.25, 0.3) is 5.91 Å². The first-order valence-corrected chi connectivity index (χ1v) is 9.75. The Balaban J connectivity index is 1.41. The van der Waals surface area contributed by atoms with Gasteiger partial charge in [0.2, 0.25) is 0 Å². The monoisotopic (exact) mass is 382 g/mol. The van der Waals surface area contributed by atoms with E-state index in [9.17, 15) is 9.18 Å². The number of thiazole rings is 1. The van der Waals surface area contributed by atoms with E-state index < -0.39 is 0 Å². The first kappa shape index (κ1) is 17.8. The number of hydrogen-bond donors (Lipinski definition) is 1. The number of anilines is 1. The second-order valence-electron chi connectivity index (χ2n) is 6.63. The van der Waals surface area contributed by atoms with E-state index in [0.29, 0.717) is 22.9 Å². The van der Waals surface area contributed by atoms with Crippen molar-refractivity contribution in [2.24, 2.45) is 5.92 Å². The highest BCUT2D eigenvalue weighted by Crippen LogP contribution is 2.29. The van der Waals surface area contributed by atoms with Gasteiger partial charge in [-0.15, -0.1) is 11.3 Å². The highest BCUT2D eigenvalue weighted by atomic mass is 32.1. The average Bonchev–Trinajstić information content (AvgIpc) is 3.36. The number of nitrogens with one attached hydrogen (secondary N) is 1. The molecule has 0 atom stereocenters. The molecule has 2 aromatic carbocycles. The Hall–Kier alpha value is -2.57. The van der Waals surface area contributed by atoms with Crippen molar-refractivity contribution < 1.29 is 13.9 Å². The number of carbonyl (C=O) groups excluding carboxylic acids is 1. The van der Waals surface area contributed by atoms with Gasteiger partial charge in [-0.25, -0.2) is 9.37 Å². The molecule has 4 nitrogen and oxygen atoms in total. The van der Waals surface area contributed by atoms with E-state index >= 15 is 0 Å². The van der Waals surface area contributed by atoms with Crippen molar-refractivity contribution in [3.8, 4) is 10.6 Å². The standard InChI is InChI=1S/C21H19FN2O2S/c22-18-7-2-1-6-17(18)21-24-19(13-27-21)20(25)23-16-5-3-4-15(10-16)12-26-11-14-8-9-14/h1-7,10,13-14H,8-9,11-12H2,(H,23,25). The number of rotatable bonds is 7. The van der Waals surface area contributed by atoms with Crippen molar-refractivity contribution in [2.75, 3.05) is 11.9 Å². The van der Waals surface area contributed by atoms with Gasteiger partial charge in [0.05, 0.1) is 6.61 Å². The number of carbonyl (C=O) groups is 1. The molecule has 1 N–H and O–H groups in total. The molecule has 1 aromatic heterocycles. The van der Waals surface area contributed by atoms with Gasteiger partial charge < -0.3 is 10.1 Å². The topological polar surface area (TPSA) is 51.2 Å². The summed E-state index contributed by atoms with van der Waals surface area (Å²) in [5.74, 6) is 0.0591. The fraction of sp³-hybridized carbons (Fsp3) is 0.238. The fourth-order valence-corrected chi connectivity index (χ4v) is 3.52. The molecule has 1 heterocycles. The molecular weight excluding hydrogens is 363 g/mol. The minimum atomic E-state index is -0.349. The number of benzene rings is 2. The molecule has 1 aliphatic carbocycles. The molecule has 1 fully saturated rings. The summed E-state index contributed by atoms with van der Waals surface area (Å²) in [6.45, 7) is 1.34. The number of hydrogen-bond acceptors (Lipinski definition) is 4. The first-order chi connectivity index (χ1) is 13.2. The fourth-order valence-electron chi connectivity index (χ4n) is 2.70. The lowest BCUT2D eigenvalue weighted by atomic mass is 10.2. The summed E-state index contributed by atoms with van der Waals surface area (Å²) in [4.78, 5) is 16.8. The average molecular weight is 382 g/mol. The van der Waals surface area contributed by atoms with E-state index in [1.54, 1.807) is 23.6 Å². The summed E-state index contributed by atoms with van der Waals surface area (Å²) in [5, 5.41) is 4.97. The Kier molecular flexibility index (Phi) is 5.27. The van der Waals surface area contributed by atoms with Crippen molar-refractivity contribution in [1.29, 1.82) is 0 Å². The summed E-state index contributed by atoms with van der Waals surface area (Å²) in [7, 11) is 0. The Morgan fingerprint density at radius 3 is 2.89 bits per heavy atom. The molecule has 1 saturated carbocycles. The van der Waals surface area contributed by atoms with Crippen LogP contribution in [0.5, 0.6) is 0 Å². The highest BCUT2D eigenvalue weighted by molar-refractivity contribution is 7.13. The molecule has 6 heteroatoms. The van der Waals surface area contributed by atoms with Crippen LogP contribution in [0.3, 0.4) is 0 Å². The van der Waals surface area contributed by atoms with Crippen LogP contribution in [0.15, 0.2) is 53.9 Å². The molecule has 1 amide bonds. The molecule has 0 unspecified atom stereocenters. The van der Waals surface area contributed by atoms with Gasteiger partial charge in [-0.3, -0.25) is 4.79 Å². The van der Waals surface area contributed by atoms with Crippen molar-refractivity contribution >= 4 is 22.9 Å². The molecular formula is C21H19FN2O2S. The maximum absolute atomic E-state index is 13.9. The molecule has 0 spiro atoms. The van der Waals surface area contributed by atoms with E-state index in [1.807, 2.05) is 24.3 Å². The smallest absolute Gasteiger partial charge is 0.275 e. The minimum absolute atomic E-state index is 0.272. The van der Waals surface area contributed by atoms with Gasteiger partial charge in [0, 0.05) is 23.2 Å².